The molecule has 6 nitrogen and oxygen atoms in total. The summed E-state index contributed by atoms with van der Waals surface area (Å²) in [6, 6.07) is 18.3. The monoisotopic (exact) mass is 401 g/mol. The van der Waals surface area contributed by atoms with Crippen molar-refractivity contribution in [1.82, 2.24) is 15.8 Å². The molecule has 0 aliphatic heterocycles. The third-order valence-corrected chi connectivity index (χ3v) is 4.35. The summed E-state index contributed by atoms with van der Waals surface area (Å²) in [6.45, 7) is 0. The predicted octanol–water partition coefficient (Wildman–Crippen LogP) is 4.11. The molecular formula is C23H16FN3O3. The fraction of sp³-hybridized carbons (Fsp3) is 0. The molecule has 0 fully saturated rings. The quantitative estimate of drug-likeness (QED) is 0.398. The van der Waals surface area contributed by atoms with Crippen LogP contribution in [-0.2, 0) is 4.79 Å². The number of aromatic nitrogens is 1. The number of pyridine rings is 1. The van der Waals surface area contributed by atoms with Crippen LogP contribution in [0.5, 0.6) is 0 Å². The molecule has 0 radical (unpaired) electrons. The van der Waals surface area contributed by atoms with Crippen molar-refractivity contribution in [3.05, 3.63) is 96.0 Å². The summed E-state index contributed by atoms with van der Waals surface area (Å²) in [6.07, 6.45) is 3.99. The lowest BCUT2D eigenvalue weighted by atomic mass is 10.1. The molecule has 148 valence electrons. The zero-order chi connectivity index (χ0) is 20.9. The Kier molecular flexibility index (Phi) is 5.34. The number of carbonyl (C=O) groups is 2. The zero-order valence-electron chi connectivity index (χ0n) is 15.6. The molecule has 4 rings (SSSR count). The van der Waals surface area contributed by atoms with Gasteiger partial charge in [0.15, 0.2) is 5.76 Å². The van der Waals surface area contributed by atoms with E-state index < -0.39 is 17.6 Å². The number of furan rings is 1. The largest absolute Gasteiger partial charge is 0.463 e. The number of hydrogen-bond donors (Lipinski definition) is 2. The molecule has 2 aromatic heterocycles. The molecule has 2 N–H and O–H groups in total. The maximum atomic E-state index is 13.6. The second kappa shape index (κ2) is 8.40. The molecule has 0 aliphatic carbocycles. The zero-order valence-corrected chi connectivity index (χ0v) is 15.6. The van der Waals surface area contributed by atoms with Gasteiger partial charge in [-0.25, -0.2) is 9.37 Å². The van der Waals surface area contributed by atoms with Gasteiger partial charge in [-0.3, -0.25) is 20.4 Å². The number of halogens is 1. The van der Waals surface area contributed by atoms with Crippen LogP contribution in [0, 0.1) is 5.82 Å². The van der Waals surface area contributed by atoms with Crippen LogP contribution >= 0.6 is 0 Å². The van der Waals surface area contributed by atoms with Gasteiger partial charge >= 0.3 is 0 Å². The van der Waals surface area contributed by atoms with Crippen molar-refractivity contribution in [3.63, 3.8) is 0 Å². The molecular weight excluding hydrogens is 385 g/mol. The number of fused-ring (bicyclic) bond motifs is 1. The molecule has 2 heterocycles. The Morgan fingerprint density at radius 2 is 1.77 bits per heavy atom. The Morgan fingerprint density at radius 1 is 0.967 bits per heavy atom. The summed E-state index contributed by atoms with van der Waals surface area (Å²) in [5, 5.41) is 0.626. The van der Waals surface area contributed by atoms with Crippen LogP contribution < -0.4 is 10.9 Å². The highest BCUT2D eigenvalue weighted by Gasteiger charge is 2.15. The first kappa shape index (κ1) is 19.1. The second-order valence-corrected chi connectivity index (χ2v) is 6.35. The summed E-state index contributed by atoms with van der Waals surface area (Å²) in [4.78, 5) is 29.3. The van der Waals surface area contributed by atoms with Gasteiger partial charge in [-0.1, -0.05) is 36.4 Å². The second-order valence-electron chi connectivity index (χ2n) is 6.35. The van der Waals surface area contributed by atoms with Crippen LogP contribution in [0.15, 0.2) is 83.5 Å². The molecule has 0 bridgehead atoms. The molecule has 2 amide bonds. The van der Waals surface area contributed by atoms with E-state index in [0.29, 0.717) is 27.9 Å². The third-order valence-electron chi connectivity index (χ3n) is 4.35. The van der Waals surface area contributed by atoms with Gasteiger partial charge in [0.1, 0.15) is 11.5 Å². The minimum atomic E-state index is -0.601. The Hall–Kier alpha value is -4.26. The van der Waals surface area contributed by atoms with E-state index in [9.17, 15) is 14.0 Å². The number of carbonyl (C=O) groups excluding carboxylic acids is 2. The van der Waals surface area contributed by atoms with Crippen molar-refractivity contribution in [1.29, 1.82) is 0 Å². The van der Waals surface area contributed by atoms with Gasteiger partial charge in [-0.2, -0.15) is 0 Å². The Balaban J connectivity index is 1.53. The molecule has 4 aromatic rings. The molecule has 0 saturated heterocycles. The predicted molar refractivity (Wildman–Crippen MR) is 110 cm³/mol. The van der Waals surface area contributed by atoms with Crippen LogP contribution in [0.25, 0.3) is 28.4 Å². The van der Waals surface area contributed by atoms with Crippen molar-refractivity contribution in [3.8, 4) is 11.5 Å². The number of nitrogens with zero attached hydrogens (tertiary/aromatic N) is 1. The number of para-hydroxylation sites is 1. The number of hydrazine groups is 1. The van der Waals surface area contributed by atoms with E-state index in [0.717, 1.165) is 6.08 Å². The van der Waals surface area contributed by atoms with Crippen molar-refractivity contribution >= 4 is 28.8 Å². The molecule has 0 spiro atoms. The number of nitrogens with one attached hydrogen (secondary N) is 2. The first-order valence-electron chi connectivity index (χ1n) is 9.08. The van der Waals surface area contributed by atoms with E-state index in [1.54, 1.807) is 48.5 Å². The van der Waals surface area contributed by atoms with Crippen LogP contribution in [-0.4, -0.2) is 16.8 Å². The summed E-state index contributed by atoms with van der Waals surface area (Å²) < 4.78 is 19.0. The smallest absolute Gasteiger partial charge is 0.270 e. The molecule has 0 unspecified atom stereocenters. The Morgan fingerprint density at radius 3 is 2.57 bits per heavy atom. The van der Waals surface area contributed by atoms with E-state index in [2.05, 4.69) is 15.8 Å². The van der Waals surface area contributed by atoms with Crippen LogP contribution in [0.4, 0.5) is 4.39 Å². The molecule has 0 saturated carbocycles. The normalized spacial score (nSPS) is 11.0. The first-order valence-corrected chi connectivity index (χ1v) is 9.08. The summed E-state index contributed by atoms with van der Waals surface area (Å²) in [5.74, 6) is -1.05. The van der Waals surface area contributed by atoms with Crippen LogP contribution in [0.3, 0.4) is 0 Å². The minimum Gasteiger partial charge on any atom is -0.463 e. The van der Waals surface area contributed by atoms with Crippen LogP contribution in [0.2, 0.25) is 0 Å². The lowest BCUT2D eigenvalue weighted by Crippen LogP contribution is -2.40. The lowest BCUT2D eigenvalue weighted by molar-refractivity contribution is -0.117. The Labute approximate surface area is 171 Å². The first-order chi connectivity index (χ1) is 14.6. The van der Waals surface area contributed by atoms with Gasteiger partial charge in [-0.15, -0.1) is 0 Å². The van der Waals surface area contributed by atoms with Gasteiger partial charge in [0.25, 0.3) is 11.8 Å². The highest BCUT2D eigenvalue weighted by atomic mass is 19.1. The van der Waals surface area contributed by atoms with Gasteiger partial charge < -0.3 is 4.42 Å². The summed E-state index contributed by atoms with van der Waals surface area (Å²) in [5.41, 5.74) is 6.37. The van der Waals surface area contributed by atoms with E-state index in [1.165, 1.54) is 24.5 Å². The summed E-state index contributed by atoms with van der Waals surface area (Å²) >= 11 is 0. The third kappa shape index (κ3) is 4.10. The average Bonchev–Trinajstić information content (AvgIpc) is 3.31. The topological polar surface area (TPSA) is 84.2 Å². The standard InChI is InChI=1S/C23H16FN3O3/c24-18-8-3-1-6-15(18)11-12-22(28)26-27-23(29)17-14-20(21-10-5-13-30-21)25-19-9-4-2-7-16(17)19/h1-14H,(H,26,28)(H,27,29)/b12-11+. The molecule has 2 aromatic carbocycles. The van der Waals surface area contributed by atoms with Gasteiger partial charge in [0.05, 0.1) is 17.3 Å². The van der Waals surface area contributed by atoms with E-state index in [1.807, 2.05) is 6.07 Å². The SMILES string of the molecule is O=C(/C=C/c1ccccc1F)NNC(=O)c1cc(-c2ccco2)nc2ccccc12. The highest BCUT2D eigenvalue weighted by molar-refractivity contribution is 6.07. The average molecular weight is 401 g/mol. The van der Waals surface area contributed by atoms with Crippen molar-refractivity contribution in [2.24, 2.45) is 0 Å². The number of hydrogen-bond acceptors (Lipinski definition) is 4. The molecule has 7 heteroatoms. The van der Waals surface area contributed by atoms with E-state index in [-0.39, 0.29) is 5.56 Å². The van der Waals surface area contributed by atoms with Gasteiger partial charge in [0, 0.05) is 17.0 Å². The van der Waals surface area contributed by atoms with Crippen molar-refractivity contribution in [2.75, 3.05) is 0 Å². The van der Waals surface area contributed by atoms with Crippen LogP contribution in [0.1, 0.15) is 15.9 Å². The number of rotatable bonds is 4. The maximum Gasteiger partial charge on any atom is 0.270 e. The van der Waals surface area contributed by atoms with E-state index in [4.69, 9.17) is 4.42 Å². The lowest BCUT2D eigenvalue weighted by Gasteiger charge is -2.10. The summed E-state index contributed by atoms with van der Waals surface area (Å²) in [7, 11) is 0. The van der Waals surface area contributed by atoms with E-state index >= 15 is 0 Å². The molecule has 0 atom stereocenters. The number of benzene rings is 2. The van der Waals surface area contributed by atoms with Crippen molar-refractivity contribution in [2.45, 2.75) is 0 Å². The molecule has 0 aliphatic rings. The van der Waals surface area contributed by atoms with Gasteiger partial charge in [-0.05, 0) is 36.4 Å². The Bertz CT molecular complexity index is 1250. The fourth-order valence-electron chi connectivity index (χ4n) is 2.92. The van der Waals surface area contributed by atoms with Gasteiger partial charge in [0.2, 0.25) is 0 Å². The number of amides is 2. The molecule has 30 heavy (non-hydrogen) atoms. The minimum absolute atomic E-state index is 0.266. The highest BCUT2D eigenvalue weighted by Crippen LogP contribution is 2.25. The van der Waals surface area contributed by atoms with Crippen molar-refractivity contribution < 1.29 is 18.4 Å². The maximum absolute atomic E-state index is 13.6. The fourth-order valence-corrected chi connectivity index (χ4v) is 2.92.